The minimum atomic E-state index is 0.0685. The number of halogens is 2. The second-order valence-corrected chi connectivity index (χ2v) is 5.08. The van der Waals surface area contributed by atoms with Gasteiger partial charge < -0.3 is 10.5 Å². The van der Waals surface area contributed by atoms with Gasteiger partial charge in [-0.1, -0.05) is 42.3 Å². The van der Waals surface area contributed by atoms with E-state index < -0.39 is 0 Å². The summed E-state index contributed by atoms with van der Waals surface area (Å²) >= 11 is 11.8. The minimum absolute atomic E-state index is 0.0685. The molecule has 2 nitrogen and oxygen atoms in total. The molecule has 2 aromatic rings. The molecule has 0 aliphatic carbocycles. The van der Waals surface area contributed by atoms with E-state index in [9.17, 15) is 0 Å². The average Bonchev–Trinajstić information content (AvgIpc) is 2.43. The van der Waals surface area contributed by atoms with Gasteiger partial charge in [0.25, 0.3) is 0 Å². The Labute approximate surface area is 123 Å². The summed E-state index contributed by atoms with van der Waals surface area (Å²) < 4.78 is 5.70. The van der Waals surface area contributed by atoms with Crippen molar-refractivity contribution in [1.82, 2.24) is 0 Å². The fraction of sp³-hybridized carbons (Fsp3) is 0.200. The van der Waals surface area contributed by atoms with E-state index in [2.05, 4.69) is 6.92 Å². The van der Waals surface area contributed by atoms with Crippen molar-refractivity contribution in [2.75, 3.05) is 0 Å². The fourth-order valence-electron chi connectivity index (χ4n) is 1.70. The van der Waals surface area contributed by atoms with Gasteiger partial charge in [-0.15, -0.1) is 0 Å². The maximum absolute atomic E-state index is 5.96. The third kappa shape index (κ3) is 3.63. The van der Waals surface area contributed by atoms with E-state index >= 15 is 0 Å². The lowest BCUT2D eigenvalue weighted by molar-refractivity contribution is 0.482. The van der Waals surface area contributed by atoms with Crippen LogP contribution in [-0.2, 0) is 0 Å². The minimum Gasteiger partial charge on any atom is -0.457 e. The zero-order chi connectivity index (χ0) is 13.8. The van der Waals surface area contributed by atoms with Crippen LogP contribution in [0.4, 0.5) is 0 Å². The van der Waals surface area contributed by atoms with Crippen LogP contribution in [0.25, 0.3) is 0 Å². The Morgan fingerprint density at radius 1 is 1.00 bits per heavy atom. The van der Waals surface area contributed by atoms with Crippen molar-refractivity contribution in [1.29, 1.82) is 0 Å². The Bertz CT molecular complexity index is 555. The van der Waals surface area contributed by atoms with E-state index in [-0.39, 0.29) is 6.04 Å². The Balaban J connectivity index is 2.12. The summed E-state index contributed by atoms with van der Waals surface area (Å²) in [5.74, 6) is 1.40. The molecule has 0 spiro atoms. The van der Waals surface area contributed by atoms with Gasteiger partial charge in [0.05, 0.1) is 10.0 Å². The maximum Gasteiger partial charge on any atom is 0.129 e. The number of hydrogen-bond acceptors (Lipinski definition) is 2. The quantitative estimate of drug-likeness (QED) is 0.842. The van der Waals surface area contributed by atoms with Gasteiger partial charge >= 0.3 is 0 Å². The summed E-state index contributed by atoms with van der Waals surface area (Å²) in [6.45, 7) is 2.06. The summed E-state index contributed by atoms with van der Waals surface area (Å²) in [6, 6.07) is 13.0. The molecule has 0 amide bonds. The van der Waals surface area contributed by atoms with Crippen LogP contribution in [-0.4, -0.2) is 0 Å². The van der Waals surface area contributed by atoms with Crippen LogP contribution in [0.2, 0.25) is 10.0 Å². The van der Waals surface area contributed by atoms with Crippen LogP contribution in [0.5, 0.6) is 11.5 Å². The molecular formula is C15H15Cl2NO. The van der Waals surface area contributed by atoms with Gasteiger partial charge in [-0.25, -0.2) is 0 Å². The molecule has 0 aromatic heterocycles. The van der Waals surface area contributed by atoms with Crippen molar-refractivity contribution >= 4 is 23.2 Å². The Morgan fingerprint density at radius 3 is 2.21 bits per heavy atom. The molecule has 0 aliphatic rings. The second-order valence-electron chi connectivity index (χ2n) is 4.26. The van der Waals surface area contributed by atoms with Crippen molar-refractivity contribution in [2.24, 2.45) is 5.73 Å². The van der Waals surface area contributed by atoms with Crippen molar-refractivity contribution in [3.63, 3.8) is 0 Å². The predicted octanol–water partition coefficient (Wildman–Crippen LogP) is 5.20. The van der Waals surface area contributed by atoms with E-state index in [1.54, 1.807) is 18.2 Å². The SMILES string of the molecule is CC[C@H](N)c1ccc(Oc2ccc(Cl)c(Cl)c2)cc1. The van der Waals surface area contributed by atoms with Gasteiger partial charge in [0.1, 0.15) is 11.5 Å². The summed E-state index contributed by atoms with van der Waals surface area (Å²) in [5, 5.41) is 0.988. The normalized spacial score (nSPS) is 12.2. The van der Waals surface area contributed by atoms with E-state index in [1.807, 2.05) is 24.3 Å². The molecule has 1 atom stereocenters. The van der Waals surface area contributed by atoms with Crippen molar-refractivity contribution in [3.8, 4) is 11.5 Å². The van der Waals surface area contributed by atoms with Gasteiger partial charge in [0.15, 0.2) is 0 Å². The number of ether oxygens (including phenoxy) is 1. The first-order valence-corrected chi connectivity index (χ1v) is 6.84. The molecule has 2 rings (SSSR count). The molecule has 0 unspecified atom stereocenters. The largest absolute Gasteiger partial charge is 0.457 e. The molecule has 0 fully saturated rings. The molecule has 2 N–H and O–H groups in total. The molecule has 100 valence electrons. The van der Waals surface area contributed by atoms with Crippen LogP contribution in [0.15, 0.2) is 42.5 Å². The topological polar surface area (TPSA) is 35.2 Å². The molecule has 0 saturated carbocycles. The fourth-order valence-corrected chi connectivity index (χ4v) is 1.98. The van der Waals surface area contributed by atoms with Gasteiger partial charge in [0.2, 0.25) is 0 Å². The van der Waals surface area contributed by atoms with Gasteiger partial charge in [0, 0.05) is 12.1 Å². The van der Waals surface area contributed by atoms with Crippen LogP contribution < -0.4 is 10.5 Å². The Kier molecular flexibility index (Phi) is 4.70. The van der Waals surface area contributed by atoms with Crippen LogP contribution in [0.1, 0.15) is 24.9 Å². The lowest BCUT2D eigenvalue weighted by Crippen LogP contribution is -2.07. The monoisotopic (exact) mass is 295 g/mol. The number of rotatable bonds is 4. The van der Waals surface area contributed by atoms with Crippen LogP contribution >= 0.6 is 23.2 Å². The molecule has 0 saturated heterocycles. The first kappa shape index (κ1) is 14.2. The van der Waals surface area contributed by atoms with Crippen molar-refractivity contribution in [3.05, 3.63) is 58.1 Å². The average molecular weight is 296 g/mol. The number of hydrogen-bond donors (Lipinski definition) is 1. The molecule has 4 heteroatoms. The number of nitrogens with two attached hydrogens (primary N) is 1. The maximum atomic E-state index is 5.96. The van der Waals surface area contributed by atoms with E-state index in [1.165, 1.54) is 0 Å². The molecule has 2 aromatic carbocycles. The van der Waals surface area contributed by atoms with Crippen molar-refractivity contribution in [2.45, 2.75) is 19.4 Å². The molecule has 0 aliphatic heterocycles. The third-order valence-electron chi connectivity index (χ3n) is 2.87. The van der Waals surface area contributed by atoms with Crippen molar-refractivity contribution < 1.29 is 4.74 Å². The van der Waals surface area contributed by atoms with Gasteiger partial charge in [-0.2, -0.15) is 0 Å². The zero-order valence-corrected chi connectivity index (χ0v) is 12.1. The van der Waals surface area contributed by atoms with Gasteiger partial charge in [-0.05, 0) is 36.2 Å². The Morgan fingerprint density at radius 2 is 1.63 bits per heavy atom. The highest BCUT2D eigenvalue weighted by Gasteiger charge is 2.05. The second kappa shape index (κ2) is 6.29. The highest BCUT2D eigenvalue weighted by molar-refractivity contribution is 6.42. The highest BCUT2D eigenvalue weighted by atomic mass is 35.5. The standard InChI is InChI=1S/C15H15Cl2NO/c1-2-15(18)10-3-5-11(6-4-10)19-12-7-8-13(16)14(17)9-12/h3-9,15H,2,18H2,1H3/t15-/m0/s1. The summed E-state index contributed by atoms with van der Waals surface area (Å²) in [6.07, 6.45) is 0.910. The summed E-state index contributed by atoms with van der Waals surface area (Å²) in [7, 11) is 0. The highest BCUT2D eigenvalue weighted by Crippen LogP contribution is 2.29. The van der Waals surface area contributed by atoms with E-state index in [0.717, 1.165) is 17.7 Å². The molecule has 0 bridgehead atoms. The smallest absolute Gasteiger partial charge is 0.129 e. The zero-order valence-electron chi connectivity index (χ0n) is 10.6. The first-order chi connectivity index (χ1) is 9.10. The number of benzene rings is 2. The van der Waals surface area contributed by atoms with Gasteiger partial charge in [-0.3, -0.25) is 0 Å². The first-order valence-electron chi connectivity index (χ1n) is 6.08. The lowest BCUT2D eigenvalue weighted by atomic mass is 10.1. The molecule has 19 heavy (non-hydrogen) atoms. The Hall–Kier alpha value is -1.22. The van der Waals surface area contributed by atoms with E-state index in [4.69, 9.17) is 33.7 Å². The molecule has 0 heterocycles. The van der Waals surface area contributed by atoms with E-state index in [0.29, 0.717) is 15.8 Å². The molecular weight excluding hydrogens is 281 g/mol. The summed E-state index contributed by atoms with van der Waals surface area (Å²) in [4.78, 5) is 0. The summed E-state index contributed by atoms with van der Waals surface area (Å²) in [5.41, 5.74) is 7.06. The lowest BCUT2D eigenvalue weighted by Gasteiger charge is -2.11. The predicted molar refractivity (Wildman–Crippen MR) is 80.2 cm³/mol. The van der Waals surface area contributed by atoms with Crippen LogP contribution in [0, 0.1) is 0 Å². The third-order valence-corrected chi connectivity index (χ3v) is 3.61. The molecule has 0 radical (unpaired) electrons. The van der Waals surface area contributed by atoms with Crippen LogP contribution in [0.3, 0.4) is 0 Å².